The van der Waals surface area contributed by atoms with Crippen molar-refractivity contribution in [3.8, 4) is 11.1 Å². The molecule has 10 heteroatoms. The van der Waals surface area contributed by atoms with Gasteiger partial charge in [-0.3, -0.25) is 4.90 Å². The van der Waals surface area contributed by atoms with E-state index >= 15 is 0 Å². The Hall–Kier alpha value is -3.89. The Morgan fingerprint density at radius 3 is 1.78 bits per heavy atom. The molecular weight excluding hydrogens is 641 g/mol. The highest BCUT2D eigenvalue weighted by Crippen LogP contribution is 2.26. The molecule has 0 bridgehead atoms. The van der Waals surface area contributed by atoms with Crippen molar-refractivity contribution in [1.82, 2.24) is 20.4 Å². The Bertz CT molecular complexity index is 1460. The van der Waals surface area contributed by atoms with Crippen LogP contribution in [0.3, 0.4) is 0 Å². The first-order valence-electron chi connectivity index (χ1n) is 18.2. The molecule has 3 N–H and O–H groups in total. The van der Waals surface area contributed by atoms with Gasteiger partial charge in [0.25, 0.3) is 0 Å². The van der Waals surface area contributed by atoms with Crippen molar-refractivity contribution in [2.45, 2.75) is 115 Å². The fourth-order valence-corrected chi connectivity index (χ4v) is 7.31. The zero-order chi connectivity index (χ0) is 35.3. The number of carbonyl (C=O) groups is 2. The van der Waals surface area contributed by atoms with E-state index in [2.05, 4.69) is 99.3 Å². The van der Waals surface area contributed by atoms with Gasteiger partial charge in [-0.1, -0.05) is 111 Å². The first-order valence-corrected chi connectivity index (χ1v) is 18.2. The molecule has 1 heterocycles. The lowest BCUT2D eigenvalue weighted by Crippen LogP contribution is -2.52. The van der Waals surface area contributed by atoms with Crippen molar-refractivity contribution >= 4 is 12.0 Å². The summed E-state index contributed by atoms with van der Waals surface area (Å²) in [5.74, 6) is -2.76. The molecule has 50 heavy (non-hydrogen) atoms. The monoisotopic (exact) mass is 692 g/mol. The fourth-order valence-electron chi connectivity index (χ4n) is 7.31. The highest BCUT2D eigenvalue weighted by Gasteiger charge is 2.38. The summed E-state index contributed by atoms with van der Waals surface area (Å²) in [6.07, 6.45) is 8.28. The SMILES string of the molecule is O=C(NC1CCCCC1)N(Cc1ccc(-c2ccc(CNC3CCCC3)cc2)cc1)C1CCN(Cc2ccccc2)CC1.O=C(O)C(F)(F)F. The van der Waals surface area contributed by atoms with Crippen LogP contribution in [0.1, 0.15) is 87.3 Å². The number of rotatable bonds is 10. The molecule has 1 aliphatic heterocycles. The summed E-state index contributed by atoms with van der Waals surface area (Å²) in [6, 6.07) is 30.0. The third-order valence-electron chi connectivity index (χ3n) is 10.2. The lowest BCUT2D eigenvalue weighted by molar-refractivity contribution is -0.192. The summed E-state index contributed by atoms with van der Waals surface area (Å²) in [7, 11) is 0. The Morgan fingerprint density at radius 2 is 1.22 bits per heavy atom. The molecule has 2 aliphatic carbocycles. The molecule has 0 radical (unpaired) electrons. The van der Waals surface area contributed by atoms with Crippen molar-refractivity contribution in [2.24, 2.45) is 0 Å². The van der Waals surface area contributed by atoms with Gasteiger partial charge in [0.2, 0.25) is 0 Å². The second kappa shape index (κ2) is 18.4. The van der Waals surface area contributed by atoms with E-state index in [1.54, 1.807) is 0 Å². The average Bonchev–Trinajstić information content (AvgIpc) is 3.65. The van der Waals surface area contributed by atoms with Gasteiger partial charge in [-0.05, 0) is 66.3 Å². The molecule has 0 atom stereocenters. The molecule has 3 fully saturated rings. The van der Waals surface area contributed by atoms with Crippen LogP contribution < -0.4 is 10.6 Å². The quantitative estimate of drug-likeness (QED) is 0.198. The van der Waals surface area contributed by atoms with Crippen LogP contribution in [-0.2, 0) is 24.4 Å². The van der Waals surface area contributed by atoms with E-state index in [4.69, 9.17) is 9.90 Å². The molecule has 2 amide bonds. The maximum Gasteiger partial charge on any atom is 0.490 e. The molecular formula is C40H51F3N4O3. The van der Waals surface area contributed by atoms with E-state index in [1.807, 2.05) is 0 Å². The van der Waals surface area contributed by atoms with Crippen LogP contribution in [-0.4, -0.2) is 64.3 Å². The number of nitrogens with one attached hydrogen (secondary N) is 2. The van der Waals surface area contributed by atoms with Gasteiger partial charge in [-0.2, -0.15) is 13.2 Å². The molecule has 0 unspecified atom stereocenters. The standard InChI is InChI=1S/C38H50N4O.C2HF3O2/c43-38(40-36-13-5-2-6-14-36)42(37-23-25-41(26-24-37)28-31-9-3-1-4-10-31)29-32-17-21-34(22-18-32)33-19-15-30(16-20-33)27-39-35-11-7-8-12-35;3-2(4,5)1(6)7/h1,3-4,9-10,15-22,35-37,39H,2,5-8,11-14,23-29H2,(H,40,43);(H,6,7). The second-order valence-electron chi connectivity index (χ2n) is 14.0. The van der Waals surface area contributed by atoms with Gasteiger partial charge >= 0.3 is 18.2 Å². The third-order valence-corrected chi connectivity index (χ3v) is 10.2. The van der Waals surface area contributed by atoms with Crippen LogP contribution in [0, 0.1) is 0 Å². The number of amides is 2. The topological polar surface area (TPSA) is 84.9 Å². The summed E-state index contributed by atoms with van der Waals surface area (Å²) in [5, 5.41) is 14.3. The normalized spacial score (nSPS) is 17.9. The lowest BCUT2D eigenvalue weighted by Gasteiger charge is -2.39. The van der Waals surface area contributed by atoms with Crippen molar-refractivity contribution in [3.05, 3.63) is 95.6 Å². The number of benzene rings is 3. The summed E-state index contributed by atoms with van der Waals surface area (Å²) in [4.78, 5) is 27.3. The summed E-state index contributed by atoms with van der Waals surface area (Å²) < 4.78 is 31.7. The predicted octanol–water partition coefficient (Wildman–Crippen LogP) is 8.53. The Kier molecular flexibility index (Phi) is 13.7. The van der Waals surface area contributed by atoms with Crippen LogP contribution >= 0.6 is 0 Å². The molecule has 2 saturated carbocycles. The number of nitrogens with zero attached hydrogens (tertiary/aromatic N) is 2. The highest BCUT2D eigenvalue weighted by atomic mass is 19.4. The number of carboxylic acids is 1. The first-order chi connectivity index (χ1) is 24.1. The van der Waals surface area contributed by atoms with Crippen LogP contribution in [0.5, 0.6) is 0 Å². The number of carboxylic acid groups (broad SMARTS) is 1. The molecule has 7 nitrogen and oxygen atoms in total. The van der Waals surface area contributed by atoms with Crippen LogP contribution in [0.4, 0.5) is 18.0 Å². The van der Waals surface area contributed by atoms with Crippen molar-refractivity contribution in [1.29, 1.82) is 0 Å². The second-order valence-corrected chi connectivity index (χ2v) is 14.0. The Balaban J connectivity index is 0.000000630. The lowest BCUT2D eigenvalue weighted by atomic mass is 9.95. The van der Waals surface area contributed by atoms with Crippen LogP contribution in [0.15, 0.2) is 78.9 Å². The number of alkyl halides is 3. The van der Waals surface area contributed by atoms with Crippen LogP contribution in [0.2, 0.25) is 0 Å². The van der Waals surface area contributed by atoms with Gasteiger partial charge in [0.15, 0.2) is 0 Å². The molecule has 0 spiro atoms. The van der Waals surface area contributed by atoms with E-state index in [9.17, 15) is 18.0 Å². The molecule has 6 rings (SSSR count). The highest BCUT2D eigenvalue weighted by molar-refractivity contribution is 5.75. The first kappa shape index (κ1) is 37.4. The van der Waals surface area contributed by atoms with E-state index in [-0.39, 0.29) is 12.1 Å². The number of hydrogen-bond donors (Lipinski definition) is 3. The molecule has 3 aliphatic rings. The predicted molar refractivity (Wildman–Crippen MR) is 190 cm³/mol. The number of aliphatic carboxylic acids is 1. The molecule has 0 aromatic heterocycles. The maximum atomic E-state index is 13.7. The minimum atomic E-state index is -5.08. The van der Waals surface area contributed by atoms with Gasteiger partial charge in [-0.15, -0.1) is 0 Å². The summed E-state index contributed by atoms with van der Waals surface area (Å²) in [6.45, 7) is 4.65. The van der Waals surface area contributed by atoms with Gasteiger partial charge in [0.1, 0.15) is 0 Å². The third kappa shape index (κ3) is 11.6. The number of carbonyl (C=O) groups excluding carboxylic acids is 1. The van der Waals surface area contributed by atoms with Crippen molar-refractivity contribution < 1.29 is 27.9 Å². The van der Waals surface area contributed by atoms with Crippen molar-refractivity contribution in [2.75, 3.05) is 13.1 Å². The molecule has 3 aromatic rings. The average molecular weight is 693 g/mol. The van der Waals surface area contributed by atoms with E-state index in [0.717, 1.165) is 51.9 Å². The van der Waals surface area contributed by atoms with E-state index in [0.29, 0.717) is 18.6 Å². The summed E-state index contributed by atoms with van der Waals surface area (Å²) >= 11 is 0. The van der Waals surface area contributed by atoms with E-state index in [1.165, 1.54) is 72.8 Å². The Labute approximate surface area is 294 Å². The van der Waals surface area contributed by atoms with Gasteiger partial charge in [0, 0.05) is 50.8 Å². The van der Waals surface area contributed by atoms with Crippen molar-refractivity contribution in [3.63, 3.8) is 0 Å². The Morgan fingerprint density at radius 1 is 0.700 bits per heavy atom. The molecule has 3 aromatic carbocycles. The molecule has 270 valence electrons. The number of likely N-dealkylation sites (tertiary alicyclic amines) is 1. The van der Waals surface area contributed by atoms with Crippen LogP contribution in [0.25, 0.3) is 11.1 Å². The van der Waals surface area contributed by atoms with E-state index < -0.39 is 12.1 Å². The number of halogens is 3. The van der Waals surface area contributed by atoms with Gasteiger partial charge < -0.3 is 20.6 Å². The number of urea groups is 1. The minimum Gasteiger partial charge on any atom is -0.475 e. The summed E-state index contributed by atoms with van der Waals surface area (Å²) in [5.41, 5.74) is 6.39. The number of hydrogen-bond acceptors (Lipinski definition) is 4. The van der Waals surface area contributed by atoms with Gasteiger partial charge in [-0.25, -0.2) is 9.59 Å². The minimum absolute atomic E-state index is 0.124. The number of piperidine rings is 1. The molecule has 1 saturated heterocycles. The zero-order valence-electron chi connectivity index (χ0n) is 28.8. The smallest absolute Gasteiger partial charge is 0.475 e. The largest absolute Gasteiger partial charge is 0.490 e. The van der Waals surface area contributed by atoms with Gasteiger partial charge in [0.05, 0.1) is 0 Å². The zero-order valence-corrected chi connectivity index (χ0v) is 28.8. The maximum absolute atomic E-state index is 13.7. The fraction of sp³-hybridized carbons (Fsp3) is 0.500.